The molecule has 1 aromatic rings. The SMILES string of the molecule is CNC(=O)NC(=O)COC(=O)c1c(C)c(C)c(C)c(C)c1C. The van der Waals surface area contributed by atoms with Crippen LogP contribution in [0.15, 0.2) is 0 Å². The number of nitrogens with one attached hydrogen (secondary N) is 2. The Morgan fingerprint density at radius 3 is 1.77 bits per heavy atom. The van der Waals surface area contributed by atoms with E-state index in [0.717, 1.165) is 27.8 Å². The molecule has 1 aromatic carbocycles. The second kappa shape index (κ2) is 7.06. The van der Waals surface area contributed by atoms with Gasteiger partial charge in [-0.05, 0) is 62.4 Å². The predicted molar refractivity (Wildman–Crippen MR) is 83.0 cm³/mol. The van der Waals surface area contributed by atoms with E-state index in [0.29, 0.717) is 5.56 Å². The third-order valence-corrected chi connectivity index (χ3v) is 4.02. The Labute approximate surface area is 130 Å². The van der Waals surface area contributed by atoms with E-state index in [9.17, 15) is 14.4 Å². The van der Waals surface area contributed by atoms with Crippen LogP contribution < -0.4 is 10.6 Å². The summed E-state index contributed by atoms with van der Waals surface area (Å²) in [6.45, 7) is 9.12. The number of rotatable bonds is 3. The maximum absolute atomic E-state index is 12.3. The number of carbonyl (C=O) groups is 3. The molecule has 0 heterocycles. The molecule has 0 aliphatic rings. The zero-order valence-electron chi connectivity index (χ0n) is 13.8. The molecule has 0 radical (unpaired) electrons. The Kier molecular flexibility index (Phi) is 5.68. The molecular formula is C16H22N2O4. The van der Waals surface area contributed by atoms with E-state index in [1.165, 1.54) is 7.05 Å². The summed E-state index contributed by atoms with van der Waals surface area (Å²) < 4.78 is 5.02. The van der Waals surface area contributed by atoms with Gasteiger partial charge in [0.15, 0.2) is 6.61 Å². The summed E-state index contributed by atoms with van der Waals surface area (Å²) in [7, 11) is 1.39. The Morgan fingerprint density at radius 2 is 1.32 bits per heavy atom. The highest BCUT2D eigenvalue weighted by atomic mass is 16.5. The fraction of sp³-hybridized carbons (Fsp3) is 0.438. The lowest BCUT2D eigenvalue weighted by Gasteiger charge is -2.17. The summed E-state index contributed by atoms with van der Waals surface area (Å²) in [4.78, 5) is 34.7. The maximum Gasteiger partial charge on any atom is 0.339 e. The van der Waals surface area contributed by atoms with Gasteiger partial charge in [0.25, 0.3) is 5.91 Å². The molecule has 0 bridgehead atoms. The lowest BCUT2D eigenvalue weighted by molar-refractivity contribution is -0.123. The van der Waals surface area contributed by atoms with Crippen LogP contribution in [0.1, 0.15) is 38.2 Å². The molecule has 3 amide bonds. The number of carbonyl (C=O) groups excluding carboxylic acids is 3. The number of hydrogen-bond acceptors (Lipinski definition) is 4. The van der Waals surface area contributed by atoms with Crippen molar-refractivity contribution < 1.29 is 19.1 Å². The smallest absolute Gasteiger partial charge is 0.339 e. The van der Waals surface area contributed by atoms with Crippen LogP contribution in [0.3, 0.4) is 0 Å². The largest absolute Gasteiger partial charge is 0.452 e. The molecule has 0 fully saturated rings. The van der Waals surface area contributed by atoms with E-state index in [4.69, 9.17) is 4.74 Å². The molecule has 2 N–H and O–H groups in total. The van der Waals surface area contributed by atoms with Crippen LogP contribution in [0.5, 0.6) is 0 Å². The van der Waals surface area contributed by atoms with Gasteiger partial charge in [-0.25, -0.2) is 9.59 Å². The Morgan fingerprint density at radius 1 is 0.864 bits per heavy atom. The third kappa shape index (κ3) is 3.63. The van der Waals surface area contributed by atoms with Crippen LogP contribution in [0, 0.1) is 34.6 Å². The van der Waals surface area contributed by atoms with Crippen molar-refractivity contribution in [3.63, 3.8) is 0 Å². The van der Waals surface area contributed by atoms with E-state index in [-0.39, 0.29) is 0 Å². The molecular weight excluding hydrogens is 284 g/mol. The van der Waals surface area contributed by atoms with Crippen molar-refractivity contribution in [2.24, 2.45) is 0 Å². The molecule has 0 aromatic heterocycles. The van der Waals surface area contributed by atoms with E-state index < -0.39 is 24.5 Å². The zero-order valence-corrected chi connectivity index (χ0v) is 13.8. The van der Waals surface area contributed by atoms with Gasteiger partial charge < -0.3 is 10.1 Å². The lowest BCUT2D eigenvalue weighted by atomic mass is 9.90. The standard InChI is InChI=1S/C16H22N2O4/c1-8-9(2)11(4)14(12(5)10(8)3)15(20)22-7-13(19)18-16(21)17-6/h7H2,1-6H3,(H2,17,18,19,21). The van der Waals surface area contributed by atoms with Gasteiger partial charge in [0.2, 0.25) is 0 Å². The number of esters is 1. The molecule has 0 saturated heterocycles. The van der Waals surface area contributed by atoms with Gasteiger partial charge >= 0.3 is 12.0 Å². The van der Waals surface area contributed by atoms with Crippen molar-refractivity contribution >= 4 is 17.9 Å². The van der Waals surface area contributed by atoms with Crippen LogP contribution in [0.4, 0.5) is 4.79 Å². The van der Waals surface area contributed by atoms with Gasteiger partial charge in [0.05, 0.1) is 5.56 Å². The Balaban J connectivity index is 2.92. The van der Waals surface area contributed by atoms with Crippen LogP contribution in [-0.4, -0.2) is 31.6 Å². The number of ether oxygens (including phenoxy) is 1. The summed E-state index contributed by atoms with van der Waals surface area (Å²) in [6, 6.07) is -0.643. The van der Waals surface area contributed by atoms with E-state index in [2.05, 4.69) is 5.32 Å². The molecule has 0 unspecified atom stereocenters. The highest BCUT2D eigenvalue weighted by molar-refractivity contribution is 5.98. The van der Waals surface area contributed by atoms with Gasteiger partial charge in [0, 0.05) is 7.05 Å². The maximum atomic E-state index is 12.3. The molecule has 22 heavy (non-hydrogen) atoms. The first-order chi connectivity index (χ1) is 10.2. The van der Waals surface area contributed by atoms with Crippen LogP contribution in [-0.2, 0) is 9.53 Å². The Bertz CT molecular complexity index is 607. The van der Waals surface area contributed by atoms with Crippen LogP contribution in [0.2, 0.25) is 0 Å². The fourth-order valence-corrected chi connectivity index (χ4v) is 2.23. The predicted octanol–water partition coefficient (Wildman–Crippen LogP) is 1.84. The average molecular weight is 306 g/mol. The minimum atomic E-state index is -0.677. The molecule has 6 heteroatoms. The summed E-state index contributed by atoms with van der Waals surface area (Å²) in [5.41, 5.74) is 5.38. The van der Waals surface area contributed by atoms with E-state index in [1.807, 2.05) is 39.9 Å². The van der Waals surface area contributed by atoms with Crippen molar-refractivity contribution in [3.05, 3.63) is 33.4 Å². The number of imide groups is 1. The number of urea groups is 1. The molecule has 0 saturated carbocycles. The molecule has 1 rings (SSSR count). The third-order valence-electron chi connectivity index (χ3n) is 4.02. The van der Waals surface area contributed by atoms with E-state index >= 15 is 0 Å². The first-order valence-corrected chi connectivity index (χ1v) is 6.96. The van der Waals surface area contributed by atoms with Gasteiger partial charge in [-0.3, -0.25) is 10.1 Å². The van der Waals surface area contributed by atoms with Gasteiger partial charge in [-0.15, -0.1) is 0 Å². The van der Waals surface area contributed by atoms with Crippen LogP contribution >= 0.6 is 0 Å². The second-order valence-corrected chi connectivity index (χ2v) is 5.20. The summed E-state index contributed by atoms with van der Waals surface area (Å²) in [5, 5.41) is 4.27. The Hall–Kier alpha value is -2.37. The summed E-state index contributed by atoms with van der Waals surface area (Å²) in [6.07, 6.45) is 0. The number of benzene rings is 1. The molecule has 120 valence electrons. The summed E-state index contributed by atoms with van der Waals surface area (Å²) in [5.74, 6) is -1.24. The fourth-order valence-electron chi connectivity index (χ4n) is 2.23. The molecule has 6 nitrogen and oxygen atoms in total. The molecule has 0 aliphatic heterocycles. The van der Waals surface area contributed by atoms with Crippen molar-refractivity contribution in [2.75, 3.05) is 13.7 Å². The van der Waals surface area contributed by atoms with Gasteiger partial charge in [-0.1, -0.05) is 0 Å². The highest BCUT2D eigenvalue weighted by Crippen LogP contribution is 2.26. The monoisotopic (exact) mass is 306 g/mol. The topological polar surface area (TPSA) is 84.5 Å². The lowest BCUT2D eigenvalue weighted by Crippen LogP contribution is -2.39. The first kappa shape index (κ1) is 17.7. The average Bonchev–Trinajstić information content (AvgIpc) is 2.49. The number of amides is 3. The minimum Gasteiger partial charge on any atom is -0.452 e. The van der Waals surface area contributed by atoms with Crippen molar-refractivity contribution in [2.45, 2.75) is 34.6 Å². The van der Waals surface area contributed by atoms with E-state index in [1.54, 1.807) is 0 Å². The normalized spacial score (nSPS) is 10.1. The molecule has 0 aliphatic carbocycles. The quantitative estimate of drug-likeness (QED) is 0.835. The van der Waals surface area contributed by atoms with Gasteiger partial charge in [-0.2, -0.15) is 0 Å². The van der Waals surface area contributed by atoms with Crippen molar-refractivity contribution in [3.8, 4) is 0 Å². The zero-order chi connectivity index (χ0) is 17.0. The van der Waals surface area contributed by atoms with Crippen LogP contribution in [0.25, 0.3) is 0 Å². The highest BCUT2D eigenvalue weighted by Gasteiger charge is 2.20. The molecule has 0 spiro atoms. The minimum absolute atomic E-state index is 0.480. The van der Waals surface area contributed by atoms with Gasteiger partial charge in [0.1, 0.15) is 0 Å². The number of hydrogen-bond donors (Lipinski definition) is 2. The van der Waals surface area contributed by atoms with Crippen molar-refractivity contribution in [1.29, 1.82) is 0 Å². The second-order valence-electron chi connectivity index (χ2n) is 5.20. The summed E-state index contributed by atoms with van der Waals surface area (Å²) >= 11 is 0. The molecule has 0 atom stereocenters. The first-order valence-electron chi connectivity index (χ1n) is 6.96. The van der Waals surface area contributed by atoms with Crippen molar-refractivity contribution in [1.82, 2.24) is 10.6 Å².